The number of oxazole rings is 2. The molecule has 0 N–H and O–H groups in total. The van der Waals surface area contributed by atoms with Gasteiger partial charge in [-0.1, -0.05) is 260 Å². The first-order chi connectivity index (χ1) is 44.5. The van der Waals surface area contributed by atoms with E-state index in [-0.39, 0.29) is 0 Å². The summed E-state index contributed by atoms with van der Waals surface area (Å²) in [6.07, 6.45) is 0. The molecule has 17 aromatic rings. The fourth-order valence-corrected chi connectivity index (χ4v) is 15.0. The van der Waals surface area contributed by atoms with Gasteiger partial charge in [0.1, 0.15) is 11.0 Å². The fraction of sp³-hybridized carbons (Fsp3) is 0.0233. The highest BCUT2D eigenvalue weighted by atomic mass is 16.4. The standard InChI is InChI=1S/C52H31NO.C34H23NO/c1-2-14-32(15-3-1)49-39-18-4-6-20-41(39)50(42-21-7-5-19-40(42)49)33-26-28-37-38-29-27-34(51-53-47-24-12-13-25-48(47)54-51)31-46(38)52(45(37)30-33)43-22-10-8-16-35(43)36-17-9-11-23-44(36)52;1-22-14-16-23(17-15-22)32-26-8-2-4-10-28(26)33(29-11-5-3-9-27(29)32)24-18-20-25(21-19-24)34-35-30-12-6-7-13-31(30)36-34/h1-31H;2-21H,1H3. The Bertz CT molecular complexity index is 5510. The highest BCUT2D eigenvalue weighted by molar-refractivity contribution is 6.23. The third-order valence-corrected chi connectivity index (χ3v) is 18.9. The minimum atomic E-state index is -0.522. The van der Waals surface area contributed by atoms with Crippen LogP contribution in [-0.4, -0.2) is 9.97 Å². The molecule has 90 heavy (non-hydrogen) atoms. The van der Waals surface area contributed by atoms with Gasteiger partial charge in [0.05, 0.1) is 5.41 Å². The molecular weight excluding hydrogens is 1090 g/mol. The van der Waals surface area contributed by atoms with Crippen LogP contribution in [0.5, 0.6) is 0 Å². The number of hydrogen-bond acceptors (Lipinski definition) is 4. The van der Waals surface area contributed by atoms with E-state index in [9.17, 15) is 0 Å². The molecule has 0 atom stereocenters. The number of rotatable bonds is 6. The van der Waals surface area contributed by atoms with Gasteiger partial charge in [0.15, 0.2) is 11.2 Å². The molecule has 0 saturated carbocycles. The molecule has 0 amide bonds. The quantitative estimate of drug-likeness (QED) is 0.156. The van der Waals surface area contributed by atoms with E-state index in [2.05, 4.69) is 273 Å². The van der Waals surface area contributed by atoms with Gasteiger partial charge >= 0.3 is 0 Å². The largest absolute Gasteiger partial charge is 0.436 e. The SMILES string of the molecule is Cc1ccc(-c2c3ccccc3c(-c3ccc(-c4nc5ccccc5o4)cc3)c3ccccc23)cc1.c1ccc(-c2c3ccccc3c(-c3ccc4c(c3)C3(c5ccccc5-c5ccccc53)c3cc(-c5nc6ccccc6o5)ccc3-4)c3ccccc23)cc1. The van der Waals surface area contributed by atoms with Gasteiger partial charge in [-0.2, -0.15) is 0 Å². The second-order valence-electron chi connectivity index (χ2n) is 23.8. The molecule has 2 aromatic heterocycles. The maximum Gasteiger partial charge on any atom is 0.227 e. The first-order valence-electron chi connectivity index (χ1n) is 30.9. The van der Waals surface area contributed by atoms with E-state index < -0.39 is 5.41 Å². The van der Waals surface area contributed by atoms with Crippen molar-refractivity contribution >= 4 is 65.3 Å². The Kier molecular flexibility index (Phi) is 11.7. The zero-order valence-electron chi connectivity index (χ0n) is 49.2. The zero-order valence-corrected chi connectivity index (χ0v) is 49.2. The van der Waals surface area contributed by atoms with Gasteiger partial charge in [-0.3, -0.25) is 0 Å². The number of benzene rings is 15. The molecule has 0 unspecified atom stereocenters. The predicted octanol–water partition coefficient (Wildman–Crippen LogP) is 22.9. The molecule has 420 valence electrons. The second-order valence-corrected chi connectivity index (χ2v) is 23.8. The third kappa shape index (κ3) is 7.88. The molecule has 2 aliphatic carbocycles. The lowest BCUT2D eigenvalue weighted by Gasteiger charge is -2.31. The van der Waals surface area contributed by atoms with E-state index in [0.717, 1.165) is 33.3 Å². The Labute approximate surface area is 520 Å². The van der Waals surface area contributed by atoms with Crippen LogP contribution in [0.2, 0.25) is 0 Å². The molecule has 0 saturated heterocycles. The van der Waals surface area contributed by atoms with Crippen LogP contribution < -0.4 is 0 Å². The Morgan fingerprint density at radius 3 is 1.01 bits per heavy atom. The lowest BCUT2D eigenvalue weighted by Crippen LogP contribution is -2.26. The van der Waals surface area contributed by atoms with E-state index in [1.165, 1.54) is 138 Å². The normalized spacial score (nSPS) is 12.6. The summed E-state index contributed by atoms with van der Waals surface area (Å²) in [5, 5.41) is 10.1. The van der Waals surface area contributed by atoms with Crippen molar-refractivity contribution in [1.82, 2.24) is 9.97 Å². The number of aromatic nitrogens is 2. The maximum atomic E-state index is 6.37. The summed E-state index contributed by atoms with van der Waals surface area (Å²) >= 11 is 0. The Hall–Kier alpha value is -11.7. The molecule has 2 heterocycles. The van der Waals surface area contributed by atoms with Gasteiger partial charge in [-0.25, -0.2) is 9.97 Å². The van der Waals surface area contributed by atoms with E-state index in [0.29, 0.717) is 11.8 Å². The first-order valence-corrected chi connectivity index (χ1v) is 30.9. The Morgan fingerprint density at radius 1 is 0.244 bits per heavy atom. The lowest BCUT2D eigenvalue weighted by atomic mass is 9.70. The summed E-state index contributed by atoms with van der Waals surface area (Å²) in [5.74, 6) is 1.29. The van der Waals surface area contributed by atoms with E-state index >= 15 is 0 Å². The maximum absolute atomic E-state index is 6.37. The highest BCUT2D eigenvalue weighted by Crippen LogP contribution is 2.64. The number of nitrogens with zero attached hydrogens (tertiary/aromatic N) is 2. The van der Waals surface area contributed by atoms with Crippen molar-refractivity contribution in [2.45, 2.75) is 12.3 Å². The van der Waals surface area contributed by atoms with Crippen molar-refractivity contribution < 1.29 is 8.83 Å². The predicted molar refractivity (Wildman–Crippen MR) is 372 cm³/mol. The van der Waals surface area contributed by atoms with Crippen LogP contribution in [0.3, 0.4) is 0 Å². The third-order valence-electron chi connectivity index (χ3n) is 18.9. The number of hydrogen-bond donors (Lipinski definition) is 0. The number of aryl methyl sites for hydroxylation is 1. The van der Waals surface area contributed by atoms with E-state index in [1.807, 2.05) is 48.5 Å². The van der Waals surface area contributed by atoms with Crippen LogP contribution in [0.25, 0.3) is 155 Å². The smallest absolute Gasteiger partial charge is 0.227 e. The minimum absolute atomic E-state index is 0.522. The Morgan fingerprint density at radius 2 is 0.556 bits per heavy atom. The van der Waals surface area contributed by atoms with Gasteiger partial charge in [0.2, 0.25) is 11.8 Å². The zero-order chi connectivity index (χ0) is 59.4. The van der Waals surface area contributed by atoms with Gasteiger partial charge in [0, 0.05) is 11.1 Å². The molecular formula is C86H54N2O2. The van der Waals surface area contributed by atoms with Crippen molar-refractivity contribution in [3.05, 3.63) is 337 Å². The summed E-state index contributed by atoms with van der Waals surface area (Å²) < 4.78 is 12.4. The van der Waals surface area contributed by atoms with Crippen LogP contribution in [0.1, 0.15) is 27.8 Å². The number of fused-ring (bicyclic) bond motifs is 16. The van der Waals surface area contributed by atoms with Crippen LogP contribution in [0.4, 0.5) is 0 Å². The van der Waals surface area contributed by atoms with Crippen molar-refractivity contribution in [3.8, 4) is 89.7 Å². The second kappa shape index (κ2) is 20.5. The van der Waals surface area contributed by atoms with Crippen LogP contribution in [0.15, 0.2) is 318 Å². The molecule has 0 bridgehead atoms. The molecule has 1 spiro atoms. The van der Waals surface area contributed by atoms with E-state index in [4.69, 9.17) is 13.8 Å². The van der Waals surface area contributed by atoms with Crippen LogP contribution >= 0.6 is 0 Å². The summed E-state index contributed by atoms with van der Waals surface area (Å²) in [6.45, 7) is 2.13. The van der Waals surface area contributed by atoms with Gasteiger partial charge in [0.25, 0.3) is 0 Å². The summed E-state index contributed by atoms with van der Waals surface area (Å²) in [6, 6.07) is 112. The number of para-hydroxylation sites is 4. The molecule has 4 heteroatoms. The fourth-order valence-electron chi connectivity index (χ4n) is 15.0. The topological polar surface area (TPSA) is 52.1 Å². The average molecular weight is 1150 g/mol. The minimum Gasteiger partial charge on any atom is -0.436 e. The monoisotopic (exact) mass is 1150 g/mol. The van der Waals surface area contributed by atoms with Gasteiger partial charge in [-0.15, -0.1) is 0 Å². The Balaban J connectivity index is 0.000000145. The summed E-state index contributed by atoms with van der Waals surface area (Å²) in [4.78, 5) is 9.61. The van der Waals surface area contributed by atoms with Crippen molar-refractivity contribution in [3.63, 3.8) is 0 Å². The van der Waals surface area contributed by atoms with Gasteiger partial charge < -0.3 is 8.83 Å². The highest BCUT2D eigenvalue weighted by Gasteiger charge is 2.52. The molecule has 4 nitrogen and oxygen atoms in total. The van der Waals surface area contributed by atoms with Crippen LogP contribution in [-0.2, 0) is 5.41 Å². The molecule has 0 aliphatic heterocycles. The first kappa shape index (κ1) is 51.5. The van der Waals surface area contributed by atoms with Crippen molar-refractivity contribution in [1.29, 1.82) is 0 Å². The lowest BCUT2D eigenvalue weighted by molar-refractivity contribution is 0.619. The van der Waals surface area contributed by atoms with Crippen molar-refractivity contribution in [2.24, 2.45) is 0 Å². The van der Waals surface area contributed by atoms with Gasteiger partial charge in [-0.05, 0) is 194 Å². The summed E-state index contributed by atoms with van der Waals surface area (Å²) in [7, 11) is 0. The summed E-state index contributed by atoms with van der Waals surface area (Å²) in [5.41, 5.74) is 26.3. The molecule has 2 aliphatic rings. The molecule has 19 rings (SSSR count). The average Bonchev–Trinajstić information content (AvgIpc) is 1.50. The molecule has 0 radical (unpaired) electrons. The molecule has 15 aromatic carbocycles. The van der Waals surface area contributed by atoms with E-state index in [1.54, 1.807) is 0 Å². The van der Waals surface area contributed by atoms with Crippen molar-refractivity contribution in [2.75, 3.05) is 0 Å². The molecule has 0 fully saturated rings. The van der Waals surface area contributed by atoms with Crippen LogP contribution in [0, 0.1) is 6.92 Å².